The normalized spacial score (nSPS) is 22.8. The van der Waals surface area contributed by atoms with Crippen molar-refractivity contribution in [1.82, 2.24) is 20.0 Å². The lowest BCUT2D eigenvalue weighted by Crippen LogP contribution is -2.55. The summed E-state index contributed by atoms with van der Waals surface area (Å²) in [6, 6.07) is -0.762. The summed E-state index contributed by atoms with van der Waals surface area (Å²) in [5, 5.41) is 6.92. The van der Waals surface area contributed by atoms with Crippen LogP contribution in [0.2, 0.25) is 0 Å². The molecule has 0 radical (unpaired) electrons. The number of carbonyl (C=O) groups is 2. The first-order valence-electron chi connectivity index (χ1n) is 8.36. The van der Waals surface area contributed by atoms with E-state index in [1.807, 2.05) is 13.2 Å². The second kappa shape index (κ2) is 6.67. The fourth-order valence-corrected chi connectivity index (χ4v) is 2.95. The Hall–Kier alpha value is -2.09. The van der Waals surface area contributed by atoms with Crippen molar-refractivity contribution in [1.29, 1.82) is 0 Å². The van der Waals surface area contributed by atoms with E-state index in [1.165, 1.54) is 4.90 Å². The molecule has 2 atom stereocenters. The molecule has 0 spiro atoms. The zero-order valence-corrected chi connectivity index (χ0v) is 16.0. The van der Waals surface area contributed by atoms with Crippen LogP contribution < -0.4 is 5.32 Å². The molecule has 1 saturated heterocycles. The predicted molar refractivity (Wildman–Crippen MR) is 91.5 cm³/mol. The van der Waals surface area contributed by atoms with Crippen LogP contribution in [0.3, 0.4) is 0 Å². The Kier molecular flexibility index (Phi) is 5.13. The van der Waals surface area contributed by atoms with Crippen LogP contribution in [-0.4, -0.2) is 50.2 Å². The summed E-state index contributed by atoms with van der Waals surface area (Å²) in [7, 11) is 1.81. The maximum Gasteiger partial charge on any atom is 0.413 e. The summed E-state index contributed by atoms with van der Waals surface area (Å²) in [4.78, 5) is 26.8. The van der Waals surface area contributed by atoms with Crippen molar-refractivity contribution in [2.75, 3.05) is 0 Å². The van der Waals surface area contributed by atoms with E-state index in [2.05, 4.69) is 10.4 Å². The third-order valence-corrected chi connectivity index (χ3v) is 3.86. The minimum absolute atomic E-state index is 0.284. The van der Waals surface area contributed by atoms with Gasteiger partial charge in [0, 0.05) is 25.4 Å². The number of nitrogens with zero attached hydrogens (tertiary/aromatic N) is 3. The maximum atomic E-state index is 12.7. The average Bonchev–Trinajstić information content (AvgIpc) is 2.94. The highest BCUT2D eigenvalue weighted by Gasteiger charge is 2.52. The summed E-state index contributed by atoms with van der Waals surface area (Å²) < 4.78 is 13.0. The quantitative estimate of drug-likeness (QED) is 0.896. The van der Waals surface area contributed by atoms with Crippen molar-refractivity contribution in [2.45, 2.75) is 71.6 Å². The van der Waals surface area contributed by atoms with Crippen molar-refractivity contribution in [3.8, 4) is 0 Å². The highest BCUT2D eigenvalue weighted by atomic mass is 16.6. The monoisotopic (exact) mass is 352 g/mol. The Balaban J connectivity index is 2.14. The molecule has 1 aliphatic heterocycles. The zero-order valence-electron chi connectivity index (χ0n) is 16.0. The minimum Gasteiger partial charge on any atom is -0.444 e. The number of ether oxygens (including phenoxy) is 2. The number of aromatic nitrogens is 2. The van der Waals surface area contributed by atoms with Crippen LogP contribution >= 0.6 is 0 Å². The first-order chi connectivity index (χ1) is 11.4. The third kappa shape index (κ3) is 4.50. The second-order valence-corrected chi connectivity index (χ2v) is 7.80. The standard InChI is InChI=1S/C17H28N4O4/c1-11-13(14(22)18-8-12-9-19-20(7)10-12)21(17(5,6)24-11)15(23)25-16(2,3)4/h9-11,13H,8H2,1-7H3,(H,18,22)/t11-,13-/m1/s1. The van der Waals surface area contributed by atoms with Crippen molar-refractivity contribution in [3.05, 3.63) is 18.0 Å². The zero-order chi connectivity index (χ0) is 19.0. The molecular weight excluding hydrogens is 324 g/mol. The first-order valence-corrected chi connectivity index (χ1v) is 8.36. The number of amides is 2. The number of hydrogen-bond donors (Lipinski definition) is 1. The smallest absolute Gasteiger partial charge is 0.413 e. The van der Waals surface area contributed by atoms with Gasteiger partial charge in [-0.1, -0.05) is 0 Å². The Morgan fingerprint density at radius 1 is 1.40 bits per heavy atom. The lowest BCUT2D eigenvalue weighted by atomic mass is 10.1. The summed E-state index contributed by atoms with van der Waals surface area (Å²) in [6.45, 7) is 11.0. The van der Waals surface area contributed by atoms with E-state index in [9.17, 15) is 9.59 Å². The largest absolute Gasteiger partial charge is 0.444 e. The van der Waals surface area contributed by atoms with E-state index in [4.69, 9.17) is 9.47 Å². The van der Waals surface area contributed by atoms with E-state index in [0.29, 0.717) is 6.54 Å². The first kappa shape index (κ1) is 19.2. The van der Waals surface area contributed by atoms with Crippen LogP contribution in [0.1, 0.15) is 47.1 Å². The van der Waals surface area contributed by atoms with Crippen LogP contribution in [0.5, 0.6) is 0 Å². The van der Waals surface area contributed by atoms with E-state index in [0.717, 1.165) is 5.56 Å². The van der Waals surface area contributed by atoms with Crippen molar-refractivity contribution < 1.29 is 19.1 Å². The highest BCUT2D eigenvalue weighted by molar-refractivity contribution is 5.87. The lowest BCUT2D eigenvalue weighted by Gasteiger charge is -2.34. The molecule has 1 aliphatic rings. The molecule has 1 aromatic heterocycles. The SMILES string of the molecule is C[C@H]1OC(C)(C)N(C(=O)OC(C)(C)C)[C@H]1C(=O)NCc1cnn(C)c1. The van der Waals surface area contributed by atoms with Crippen LogP contribution in [0, 0.1) is 0 Å². The molecule has 140 valence electrons. The van der Waals surface area contributed by atoms with Crippen LogP contribution in [0.25, 0.3) is 0 Å². The molecule has 8 nitrogen and oxygen atoms in total. The average molecular weight is 352 g/mol. The van der Waals surface area contributed by atoms with Gasteiger partial charge in [0.05, 0.1) is 12.3 Å². The molecule has 0 aliphatic carbocycles. The van der Waals surface area contributed by atoms with Gasteiger partial charge < -0.3 is 14.8 Å². The van der Waals surface area contributed by atoms with E-state index < -0.39 is 29.6 Å². The van der Waals surface area contributed by atoms with E-state index in [1.54, 1.807) is 52.4 Å². The van der Waals surface area contributed by atoms with Gasteiger partial charge in [0.25, 0.3) is 0 Å². The molecule has 25 heavy (non-hydrogen) atoms. The highest BCUT2D eigenvalue weighted by Crippen LogP contribution is 2.33. The Bertz CT molecular complexity index is 647. The molecule has 0 saturated carbocycles. The van der Waals surface area contributed by atoms with Gasteiger partial charge in [-0.25, -0.2) is 4.79 Å². The third-order valence-electron chi connectivity index (χ3n) is 3.86. The van der Waals surface area contributed by atoms with Crippen LogP contribution in [-0.2, 0) is 27.9 Å². The Labute approximate surface area is 148 Å². The Morgan fingerprint density at radius 2 is 2.04 bits per heavy atom. The number of nitrogens with one attached hydrogen (secondary N) is 1. The topological polar surface area (TPSA) is 85.7 Å². The molecule has 2 heterocycles. The molecule has 2 amide bonds. The van der Waals surface area contributed by atoms with Crippen molar-refractivity contribution in [3.63, 3.8) is 0 Å². The van der Waals surface area contributed by atoms with Gasteiger partial charge in [0.1, 0.15) is 17.4 Å². The molecule has 1 aromatic rings. The predicted octanol–water partition coefficient (Wildman–Crippen LogP) is 1.80. The molecule has 0 bridgehead atoms. The minimum atomic E-state index is -0.932. The van der Waals surface area contributed by atoms with E-state index in [-0.39, 0.29) is 5.91 Å². The molecule has 0 unspecified atom stereocenters. The van der Waals surface area contributed by atoms with Gasteiger partial charge in [-0.15, -0.1) is 0 Å². The molecule has 8 heteroatoms. The fraction of sp³-hybridized carbons (Fsp3) is 0.706. The van der Waals surface area contributed by atoms with Crippen molar-refractivity contribution in [2.24, 2.45) is 7.05 Å². The van der Waals surface area contributed by atoms with Gasteiger partial charge >= 0.3 is 6.09 Å². The molecule has 1 N–H and O–H groups in total. The summed E-state index contributed by atoms with van der Waals surface area (Å²) in [6.07, 6.45) is 2.49. The van der Waals surface area contributed by atoms with Gasteiger partial charge in [0.2, 0.25) is 5.91 Å². The lowest BCUT2D eigenvalue weighted by molar-refractivity contribution is -0.127. The van der Waals surface area contributed by atoms with Gasteiger partial charge in [-0.3, -0.25) is 14.4 Å². The molecular formula is C17H28N4O4. The Morgan fingerprint density at radius 3 is 2.56 bits per heavy atom. The second-order valence-electron chi connectivity index (χ2n) is 7.80. The van der Waals surface area contributed by atoms with Gasteiger partial charge in [0.15, 0.2) is 0 Å². The molecule has 0 aromatic carbocycles. The van der Waals surface area contributed by atoms with E-state index >= 15 is 0 Å². The molecule has 1 fully saturated rings. The number of aryl methyl sites for hydroxylation is 1. The summed E-state index contributed by atoms with van der Waals surface area (Å²) >= 11 is 0. The van der Waals surface area contributed by atoms with Gasteiger partial charge in [-0.2, -0.15) is 5.10 Å². The number of carbonyl (C=O) groups excluding carboxylic acids is 2. The number of hydrogen-bond acceptors (Lipinski definition) is 5. The maximum absolute atomic E-state index is 12.7. The van der Waals surface area contributed by atoms with Gasteiger partial charge in [-0.05, 0) is 41.5 Å². The van der Waals surface area contributed by atoms with Crippen LogP contribution in [0.15, 0.2) is 12.4 Å². The van der Waals surface area contributed by atoms with Crippen LogP contribution in [0.4, 0.5) is 4.79 Å². The summed E-state index contributed by atoms with van der Waals surface area (Å²) in [5.74, 6) is -0.284. The molecule has 2 rings (SSSR count). The summed E-state index contributed by atoms with van der Waals surface area (Å²) in [5.41, 5.74) is -0.709. The fourth-order valence-electron chi connectivity index (χ4n) is 2.95. The number of rotatable bonds is 3. The van der Waals surface area contributed by atoms with Crippen molar-refractivity contribution >= 4 is 12.0 Å².